The monoisotopic (exact) mass is 279 g/mol. The summed E-state index contributed by atoms with van der Waals surface area (Å²) in [6, 6.07) is 2.15. The highest BCUT2D eigenvalue weighted by atomic mass is 35.5. The van der Waals surface area contributed by atoms with Crippen LogP contribution in [0.25, 0.3) is 6.08 Å². The van der Waals surface area contributed by atoms with Crippen LogP contribution in [0.5, 0.6) is 0 Å². The number of nitrogens with zero attached hydrogens (tertiary/aromatic N) is 2. The van der Waals surface area contributed by atoms with Crippen LogP contribution < -0.4 is 10.2 Å². The normalized spacial score (nSPS) is 16.8. The largest absolute Gasteiger partial charge is 0.369 e. The smallest absolute Gasteiger partial charge is 0.136 e. The Bertz CT molecular complexity index is 423. The Kier molecular flexibility index (Phi) is 5.67. The van der Waals surface area contributed by atoms with E-state index < -0.39 is 0 Å². The molecule has 1 aromatic heterocycles. The van der Waals surface area contributed by atoms with Crippen molar-refractivity contribution in [2.45, 2.75) is 26.2 Å². The second kappa shape index (κ2) is 7.51. The van der Waals surface area contributed by atoms with Crippen LogP contribution in [-0.2, 0) is 0 Å². The highest BCUT2D eigenvalue weighted by Crippen LogP contribution is 2.22. The first kappa shape index (κ1) is 14.4. The SMILES string of the molecule is CCC/C=C/c1cc(N2CCCNCC2)cnc1Cl. The van der Waals surface area contributed by atoms with Gasteiger partial charge in [0.15, 0.2) is 0 Å². The quantitative estimate of drug-likeness (QED) is 0.857. The third-order valence-corrected chi connectivity index (χ3v) is 3.63. The first-order valence-corrected chi connectivity index (χ1v) is 7.47. The summed E-state index contributed by atoms with van der Waals surface area (Å²) >= 11 is 6.15. The lowest BCUT2D eigenvalue weighted by Gasteiger charge is -2.22. The molecule has 0 aliphatic carbocycles. The molecule has 3 nitrogen and oxygen atoms in total. The summed E-state index contributed by atoms with van der Waals surface area (Å²) in [5.74, 6) is 0. The number of rotatable bonds is 4. The molecule has 1 N–H and O–H groups in total. The molecule has 2 rings (SSSR count). The van der Waals surface area contributed by atoms with E-state index >= 15 is 0 Å². The van der Waals surface area contributed by atoms with Crippen LogP contribution in [0.3, 0.4) is 0 Å². The molecule has 2 heterocycles. The van der Waals surface area contributed by atoms with Crippen LogP contribution in [0.4, 0.5) is 5.69 Å². The fourth-order valence-corrected chi connectivity index (χ4v) is 2.39. The number of anilines is 1. The number of nitrogens with one attached hydrogen (secondary N) is 1. The Morgan fingerprint density at radius 1 is 1.42 bits per heavy atom. The Morgan fingerprint density at radius 2 is 2.32 bits per heavy atom. The maximum Gasteiger partial charge on any atom is 0.136 e. The average Bonchev–Trinajstić information content (AvgIpc) is 2.70. The van der Waals surface area contributed by atoms with Gasteiger partial charge in [0.1, 0.15) is 5.15 Å². The fourth-order valence-electron chi connectivity index (χ4n) is 2.22. The molecule has 1 saturated heterocycles. The zero-order chi connectivity index (χ0) is 13.5. The van der Waals surface area contributed by atoms with Crippen molar-refractivity contribution >= 4 is 23.4 Å². The van der Waals surface area contributed by atoms with Gasteiger partial charge in [-0.05, 0) is 25.5 Å². The van der Waals surface area contributed by atoms with Gasteiger partial charge in [-0.1, -0.05) is 37.1 Å². The Balaban J connectivity index is 2.14. The molecule has 0 bridgehead atoms. The molecule has 0 saturated carbocycles. The van der Waals surface area contributed by atoms with Gasteiger partial charge in [0.05, 0.1) is 11.9 Å². The van der Waals surface area contributed by atoms with E-state index in [9.17, 15) is 0 Å². The lowest BCUT2D eigenvalue weighted by molar-refractivity contribution is 0.724. The van der Waals surface area contributed by atoms with Gasteiger partial charge >= 0.3 is 0 Å². The molecule has 0 amide bonds. The molecular formula is C15H22ClN3. The van der Waals surface area contributed by atoms with E-state index in [1.807, 2.05) is 6.20 Å². The maximum atomic E-state index is 6.15. The highest BCUT2D eigenvalue weighted by molar-refractivity contribution is 6.30. The van der Waals surface area contributed by atoms with Crippen molar-refractivity contribution < 1.29 is 0 Å². The standard InChI is InChI=1S/C15H22ClN3/c1-2-3-4-6-13-11-14(12-18-15(13)16)19-9-5-7-17-8-10-19/h4,6,11-12,17H,2-3,5,7-10H2,1H3/b6-4+. The number of unbranched alkanes of at least 4 members (excludes halogenated alkanes) is 1. The van der Waals surface area contributed by atoms with E-state index in [0.717, 1.165) is 44.6 Å². The molecular weight excluding hydrogens is 258 g/mol. The number of pyridine rings is 1. The second-order valence-corrected chi connectivity index (χ2v) is 5.21. The molecule has 104 valence electrons. The van der Waals surface area contributed by atoms with Crippen molar-refractivity contribution in [1.29, 1.82) is 0 Å². The number of hydrogen-bond donors (Lipinski definition) is 1. The molecule has 0 aromatic carbocycles. The van der Waals surface area contributed by atoms with Gasteiger partial charge < -0.3 is 10.2 Å². The summed E-state index contributed by atoms with van der Waals surface area (Å²) in [5.41, 5.74) is 2.19. The first-order chi connectivity index (χ1) is 9.31. The van der Waals surface area contributed by atoms with E-state index in [4.69, 9.17) is 11.6 Å². The van der Waals surface area contributed by atoms with E-state index in [1.54, 1.807) is 0 Å². The third kappa shape index (κ3) is 4.22. The maximum absolute atomic E-state index is 6.15. The minimum Gasteiger partial charge on any atom is -0.369 e. The molecule has 1 aromatic rings. The molecule has 19 heavy (non-hydrogen) atoms. The van der Waals surface area contributed by atoms with Crippen LogP contribution in [0.2, 0.25) is 5.15 Å². The predicted molar refractivity (Wildman–Crippen MR) is 82.9 cm³/mol. The van der Waals surface area contributed by atoms with E-state index in [1.165, 1.54) is 12.1 Å². The van der Waals surface area contributed by atoms with Gasteiger partial charge in [-0.2, -0.15) is 0 Å². The van der Waals surface area contributed by atoms with Crippen molar-refractivity contribution in [2.75, 3.05) is 31.1 Å². The Labute approximate surface area is 120 Å². The van der Waals surface area contributed by atoms with Gasteiger partial charge in [-0.15, -0.1) is 0 Å². The van der Waals surface area contributed by atoms with Gasteiger partial charge in [0, 0.05) is 25.2 Å². The second-order valence-electron chi connectivity index (χ2n) is 4.86. The number of halogens is 1. The zero-order valence-electron chi connectivity index (χ0n) is 11.5. The summed E-state index contributed by atoms with van der Waals surface area (Å²) < 4.78 is 0. The molecule has 1 aliphatic rings. The summed E-state index contributed by atoms with van der Waals surface area (Å²) in [4.78, 5) is 6.69. The van der Waals surface area contributed by atoms with Crippen molar-refractivity contribution in [1.82, 2.24) is 10.3 Å². The van der Waals surface area contributed by atoms with Crippen molar-refractivity contribution in [3.05, 3.63) is 29.1 Å². The zero-order valence-corrected chi connectivity index (χ0v) is 12.3. The minimum absolute atomic E-state index is 0.587. The van der Waals surface area contributed by atoms with E-state index in [0.29, 0.717) is 5.15 Å². The number of allylic oxidation sites excluding steroid dienone is 1. The van der Waals surface area contributed by atoms with Crippen LogP contribution in [0.1, 0.15) is 31.7 Å². The molecule has 0 unspecified atom stereocenters. The van der Waals surface area contributed by atoms with Gasteiger partial charge in [-0.25, -0.2) is 4.98 Å². The third-order valence-electron chi connectivity index (χ3n) is 3.31. The van der Waals surface area contributed by atoms with Crippen LogP contribution in [0.15, 0.2) is 18.3 Å². The minimum atomic E-state index is 0.587. The predicted octanol–water partition coefficient (Wildman–Crippen LogP) is 3.35. The first-order valence-electron chi connectivity index (χ1n) is 7.09. The fraction of sp³-hybridized carbons (Fsp3) is 0.533. The van der Waals surface area contributed by atoms with Gasteiger partial charge in [-0.3, -0.25) is 0 Å². The lowest BCUT2D eigenvalue weighted by Crippen LogP contribution is -2.27. The van der Waals surface area contributed by atoms with Crippen LogP contribution in [0, 0.1) is 0 Å². The van der Waals surface area contributed by atoms with Gasteiger partial charge in [0.2, 0.25) is 0 Å². The Hall–Kier alpha value is -1.06. The molecule has 0 radical (unpaired) electrons. The molecule has 0 spiro atoms. The van der Waals surface area contributed by atoms with Gasteiger partial charge in [0.25, 0.3) is 0 Å². The topological polar surface area (TPSA) is 28.2 Å². The summed E-state index contributed by atoms with van der Waals surface area (Å²) in [6.45, 7) is 6.41. The lowest BCUT2D eigenvalue weighted by atomic mass is 10.2. The average molecular weight is 280 g/mol. The van der Waals surface area contributed by atoms with E-state index in [2.05, 4.69) is 40.3 Å². The molecule has 1 fully saturated rings. The number of aromatic nitrogens is 1. The van der Waals surface area contributed by atoms with Crippen LogP contribution in [-0.4, -0.2) is 31.2 Å². The summed E-state index contributed by atoms with van der Waals surface area (Å²) in [5, 5.41) is 4.00. The van der Waals surface area contributed by atoms with Crippen LogP contribution >= 0.6 is 11.6 Å². The highest BCUT2D eigenvalue weighted by Gasteiger charge is 2.11. The molecule has 1 aliphatic heterocycles. The van der Waals surface area contributed by atoms with Crippen molar-refractivity contribution in [2.24, 2.45) is 0 Å². The number of hydrogen-bond acceptors (Lipinski definition) is 3. The molecule has 0 atom stereocenters. The van der Waals surface area contributed by atoms with Crippen molar-refractivity contribution in [3.63, 3.8) is 0 Å². The summed E-state index contributed by atoms with van der Waals surface area (Å²) in [7, 11) is 0. The van der Waals surface area contributed by atoms with Crippen molar-refractivity contribution in [3.8, 4) is 0 Å². The summed E-state index contributed by atoms with van der Waals surface area (Å²) in [6.07, 6.45) is 9.52. The van der Waals surface area contributed by atoms with E-state index in [-0.39, 0.29) is 0 Å². The Morgan fingerprint density at radius 3 is 3.16 bits per heavy atom. The molecule has 4 heteroatoms.